The normalized spacial score (nSPS) is 14.8. The van der Waals surface area contributed by atoms with Crippen LogP contribution in [0.3, 0.4) is 0 Å². The molecule has 9 nitrogen and oxygen atoms in total. The second kappa shape index (κ2) is 10.1. The number of hydrogen-bond donors (Lipinski definition) is 3. The van der Waals surface area contributed by atoms with Crippen LogP contribution in [0.25, 0.3) is 28.1 Å². The average Bonchev–Trinajstić information content (AvgIpc) is 3.66. The monoisotopic (exact) mass is 556 g/mol. The van der Waals surface area contributed by atoms with E-state index in [1.165, 1.54) is 12.1 Å². The van der Waals surface area contributed by atoms with E-state index in [0.29, 0.717) is 40.6 Å². The van der Waals surface area contributed by atoms with Gasteiger partial charge < -0.3 is 29.5 Å². The topological polar surface area (TPSA) is 121 Å². The van der Waals surface area contributed by atoms with Crippen molar-refractivity contribution >= 4 is 62.9 Å². The van der Waals surface area contributed by atoms with E-state index in [0.717, 1.165) is 27.8 Å². The Balaban J connectivity index is 1.23. The first-order valence-electron chi connectivity index (χ1n) is 12.6. The Morgan fingerprint density at radius 1 is 1.23 bits per heavy atom. The number of aryl methyl sites for hydroxylation is 1. The molecule has 1 aliphatic rings. The van der Waals surface area contributed by atoms with E-state index >= 15 is 0 Å². The Hall–Kier alpha value is -4.76. The van der Waals surface area contributed by atoms with Crippen molar-refractivity contribution in [1.29, 1.82) is 0 Å². The average molecular weight is 557 g/mol. The number of anilines is 2. The lowest BCUT2D eigenvalue weighted by Gasteiger charge is -2.17. The number of carbonyl (C=O) groups is 2. The molecule has 1 unspecified atom stereocenters. The smallest absolute Gasteiger partial charge is 0.274 e. The highest BCUT2D eigenvalue weighted by Crippen LogP contribution is 2.45. The minimum Gasteiger partial charge on any atom is -0.504 e. The molecule has 1 aliphatic heterocycles. The van der Waals surface area contributed by atoms with Gasteiger partial charge in [-0.25, -0.2) is 4.98 Å². The molecule has 0 bridgehead atoms. The van der Waals surface area contributed by atoms with E-state index in [9.17, 15) is 14.7 Å². The number of fused-ring (bicyclic) bond motifs is 4. The minimum atomic E-state index is -0.281. The summed E-state index contributed by atoms with van der Waals surface area (Å²) in [7, 11) is 1.60. The highest BCUT2D eigenvalue weighted by atomic mass is 35.5. The van der Waals surface area contributed by atoms with Crippen LogP contribution in [-0.4, -0.2) is 46.4 Å². The van der Waals surface area contributed by atoms with Gasteiger partial charge in [0, 0.05) is 59.6 Å². The van der Waals surface area contributed by atoms with Crippen molar-refractivity contribution in [3.63, 3.8) is 0 Å². The van der Waals surface area contributed by atoms with E-state index in [2.05, 4.69) is 15.3 Å². The summed E-state index contributed by atoms with van der Waals surface area (Å²) in [6.45, 7) is 2.05. The number of aromatic nitrogens is 2. The molecule has 3 N–H and O–H groups in total. The summed E-state index contributed by atoms with van der Waals surface area (Å²) in [5.41, 5.74) is 4.74. The van der Waals surface area contributed by atoms with Crippen molar-refractivity contribution in [2.24, 2.45) is 0 Å². The number of benzene rings is 3. The number of nitrogens with one attached hydrogen (secondary N) is 2. The molecular formula is C30H25ClN4O5. The second-order valence-electron chi connectivity index (χ2n) is 9.59. The molecule has 1 atom stereocenters. The number of aromatic amines is 1. The molecular weight excluding hydrogens is 532 g/mol. The van der Waals surface area contributed by atoms with Crippen molar-refractivity contribution in [2.45, 2.75) is 12.8 Å². The van der Waals surface area contributed by atoms with E-state index in [4.69, 9.17) is 20.8 Å². The SMILES string of the molecule is COc1ccc(/C=C/C(=O)Nc2ccc3[nH]c(C(=O)N4CC(CCl)c5c4cc(O)c4oc(C)nc54)cc3c2)cc1. The predicted octanol–water partition coefficient (Wildman–Crippen LogP) is 5.97. The molecule has 2 amide bonds. The summed E-state index contributed by atoms with van der Waals surface area (Å²) in [6.07, 6.45) is 3.17. The first-order valence-corrected chi connectivity index (χ1v) is 13.1. The van der Waals surface area contributed by atoms with Gasteiger partial charge in [-0.15, -0.1) is 11.6 Å². The maximum atomic E-state index is 13.7. The molecule has 0 aliphatic carbocycles. The fraction of sp³-hybridized carbons (Fsp3) is 0.167. The summed E-state index contributed by atoms with van der Waals surface area (Å²) >= 11 is 6.28. The summed E-state index contributed by atoms with van der Waals surface area (Å²) in [6, 6.07) is 16.0. The lowest BCUT2D eigenvalue weighted by molar-refractivity contribution is -0.111. The Morgan fingerprint density at radius 2 is 2.02 bits per heavy atom. The van der Waals surface area contributed by atoms with Crippen molar-refractivity contribution in [1.82, 2.24) is 9.97 Å². The maximum absolute atomic E-state index is 13.7. The van der Waals surface area contributed by atoms with Crippen molar-refractivity contribution in [2.75, 3.05) is 29.8 Å². The molecule has 10 heteroatoms. The fourth-order valence-corrected chi connectivity index (χ4v) is 5.33. The van der Waals surface area contributed by atoms with Gasteiger partial charge in [0.25, 0.3) is 5.91 Å². The molecule has 0 spiro atoms. The number of methoxy groups -OCH3 is 1. The number of halogens is 1. The second-order valence-corrected chi connectivity index (χ2v) is 9.90. The van der Waals surface area contributed by atoms with Crippen molar-refractivity contribution < 1.29 is 23.8 Å². The molecule has 3 aromatic carbocycles. The number of phenols is 1. The molecule has 0 saturated carbocycles. The van der Waals surface area contributed by atoms with Crippen LogP contribution in [-0.2, 0) is 4.79 Å². The number of alkyl halides is 1. The number of nitrogens with zero attached hydrogens (tertiary/aromatic N) is 2. The molecule has 5 aromatic rings. The molecule has 202 valence electrons. The number of amides is 2. The van der Waals surface area contributed by atoms with E-state index < -0.39 is 0 Å². The van der Waals surface area contributed by atoms with Gasteiger partial charge in [0.2, 0.25) is 5.91 Å². The summed E-state index contributed by atoms with van der Waals surface area (Å²) in [4.78, 5) is 35.4. The van der Waals surface area contributed by atoms with Gasteiger partial charge in [0.05, 0.1) is 12.8 Å². The third-order valence-corrected chi connectivity index (χ3v) is 7.34. The van der Waals surface area contributed by atoms with Gasteiger partial charge in [0.1, 0.15) is 17.0 Å². The molecule has 0 saturated heterocycles. The summed E-state index contributed by atoms with van der Waals surface area (Å²) in [5.74, 6) is 0.657. The van der Waals surface area contributed by atoms with E-state index in [1.807, 2.05) is 30.3 Å². The lowest BCUT2D eigenvalue weighted by atomic mass is 10.0. The number of phenolic OH excluding ortho intramolecular Hbond substituents is 1. The highest BCUT2D eigenvalue weighted by molar-refractivity contribution is 6.19. The van der Waals surface area contributed by atoms with Crippen molar-refractivity contribution in [3.8, 4) is 11.5 Å². The fourth-order valence-electron chi connectivity index (χ4n) is 5.07. The van der Waals surface area contributed by atoms with Gasteiger partial charge in [-0.2, -0.15) is 0 Å². The van der Waals surface area contributed by atoms with Crippen LogP contribution >= 0.6 is 11.6 Å². The summed E-state index contributed by atoms with van der Waals surface area (Å²) < 4.78 is 10.7. The van der Waals surface area contributed by atoms with Crippen LogP contribution in [0, 0.1) is 6.92 Å². The van der Waals surface area contributed by atoms with Gasteiger partial charge >= 0.3 is 0 Å². The van der Waals surface area contributed by atoms with Crippen LogP contribution in [0.5, 0.6) is 11.5 Å². The predicted molar refractivity (Wildman–Crippen MR) is 155 cm³/mol. The number of rotatable bonds is 6. The molecule has 6 rings (SSSR count). The summed E-state index contributed by atoms with van der Waals surface area (Å²) in [5, 5.41) is 14.2. The van der Waals surface area contributed by atoms with E-state index in [-0.39, 0.29) is 29.4 Å². The first-order chi connectivity index (χ1) is 19.3. The Kier molecular flexibility index (Phi) is 6.43. The van der Waals surface area contributed by atoms with Crippen LogP contribution in [0.4, 0.5) is 11.4 Å². The zero-order valence-corrected chi connectivity index (χ0v) is 22.5. The minimum absolute atomic E-state index is 0.0829. The van der Waals surface area contributed by atoms with Crippen LogP contribution in [0.15, 0.2) is 65.1 Å². The van der Waals surface area contributed by atoms with Gasteiger partial charge in [-0.3, -0.25) is 9.59 Å². The molecule has 40 heavy (non-hydrogen) atoms. The van der Waals surface area contributed by atoms with Crippen LogP contribution in [0.1, 0.15) is 33.4 Å². The third-order valence-electron chi connectivity index (χ3n) is 6.97. The zero-order valence-electron chi connectivity index (χ0n) is 21.7. The Morgan fingerprint density at radius 3 is 2.77 bits per heavy atom. The standard InChI is InChI=1S/C30H25ClN4O5/c1-16-32-28-27-19(14-31)15-35(24(27)13-25(36)29(28)40-16)30(38)23-12-18-11-20(6-9-22(18)34-23)33-26(37)10-5-17-3-7-21(39-2)8-4-17/h3-13,19,34,36H,14-15H2,1-2H3,(H,33,37)/b10-5+. The molecule has 3 heterocycles. The number of carbonyl (C=O) groups excluding carboxylic acids is 2. The maximum Gasteiger partial charge on any atom is 0.274 e. The zero-order chi connectivity index (χ0) is 28.0. The molecule has 0 fully saturated rings. The third kappa shape index (κ3) is 4.54. The number of ether oxygens (including phenoxy) is 1. The van der Waals surface area contributed by atoms with Gasteiger partial charge in [-0.05, 0) is 48.0 Å². The Bertz CT molecular complexity index is 1800. The number of aromatic hydroxyl groups is 1. The quantitative estimate of drug-likeness (QED) is 0.175. The van der Waals surface area contributed by atoms with Crippen LogP contribution in [0.2, 0.25) is 0 Å². The molecule has 0 radical (unpaired) electrons. The highest BCUT2D eigenvalue weighted by Gasteiger charge is 2.37. The lowest BCUT2D eigenvalue weighted by Crippen LogP contribution is -2.30. The van der Waals surface area contributed by atoms with Crippen molar-refractivity contribution in [3.05, 3.63) is 83.4 Å². The Labute approximate surface area is 234 Å². The van der Waals surface area contributed by atoms with E-state index in [1.54, 1.807) is 43.2 Å². The van der Waals surface area contributed by atoms with Gasteiger partial charge in [-0.1, -0.05) is 12.1 Å². The largest absolute Gasteiger partial charge is 0.504 e. The number of H-pyrrole nitrogens is 1. The van der Waals surface area contributed by atoms with Gasteiger partial charge in [0.15, 0.2) is 17.2 Å². The number of oxazole rings is 1. The first kappa shape index (κ1) is 25.5. The number of hydrogen-bond acceptors (Lipinski definition) is 6. The molecule has 2 aromatic heterocycles. The van der Waals surface area contributed by atoms with Crippen LogP contribution < -0.4 is 15.0 Å².